The lowest BCUT2D eigenvalue weighted by atomic mass is 10.0. The van der Waals surface area contributed by atoms with Gasteiger partial charge in [0.25, 0.3) is 5.91 Å². The maximum Gasteiger partial charge on any atom is 0.251 e. The first-order valence-electron chi connectivity index (χ1n) is 7.29. The summed E-state index contributed by atoms with van der Waals surface area (Å²) in [6.45, 7) is 2.02. The number of amides is 1. The van der Waals surface area contributed by atoms with Gasteiger partial charge in [-0.2, -0.15) is 5.10 Å². The van der Waals surface area contributed by atoms with Crippen LogP contribution in [0.4, 0.5) is 0 Å². The molecule has 1 aromatic heterocycles. The maximum absolute atomic E-state index is 12.6. The van der Waals surface area contributed by atoms with Crippen LogP contribution in [0.25, 0.3) is 10.9 Å². The van der Waals surface area contributed by atoms with Crippen LogP contribution < -0.4 is 5.32 Å². The van der Waals surface area contributed by atoms with E-state index in [4.69, 9.17) is 11.6 Å². The number of rotatable bonds is 4. The van der Waals surface area contributed by atoms with Crippen LogP contribution in [0.5, 0.6) is 0 Å². The van der Waals surface area contributed by atoms with Crippen LogP contribution >= 0.6 is 34.2 Å². The third kappa shape index (κ3) is 3.35. The van der Waals surface area contributed by atoms with E-state index in [0.717, 1.165) is 26.6 Å². The standard InChI is InChI=1S/C17H15ClIN3O/c1-2-14(11-5-3-4-6-13(11)18)20-17(23)10-7-8-15-12(9-10)16(19)22-21-15/h3-9,14H,2H2,1H3,(H,20,23)(H,21,22). The Morgan fingerprint density at radius 3 is 2.87 bits per heavy atom. The molecule has 2 N–H and O–H groups in total. The van der Waals surface area contributed by atoms with E-state index in [1.165, 1.54) is 0 Å². The number of carbonyl (C=O) groups excluding carboxylic acids is 1. The van der Waals surface area contributed by atoms with E-state index >= 15 is 0 Å². The Bertz CT molecular complexity index is 862. The van der Waals surface area contributed by atoms with E-state index in [-0.39, 0.29) is 11.9 Å². The van der Waals surface area contributed by atoms with Crippen LogP contribution in [0.2, 0.25) is 5.02 Å². The van der Waals surface area contributed by atoms with Crippen molar-refractivity contribution in [3.8, 4) is 0 Å². The highest BCUT2D eigenvalue weighted by Crippen LogP contribution is 2.25. The van der Waals surface area contributed by atoms with Crippen molar-refractivity contribution in [2.75, 3.05) is 0 Å². The lowest BCUT2D eigenvalue weighted by molar-refractivity contribution is 0.0935. The predicted octanol–water partition coefficient (Wildman–Crippen LogP) is 4.70. The number of fused-ring (bicyclic) bond motifs is 1. The first-order valence-corrected chi connectivity index (χ1v) is 8.74. The van der Waals surface area contributed by atoms with Gasteiger partial charge in [0, 0.05) is 16.0 Å². The van der Waals surface area contributed by atoms with E-state index in [1.54, 1.807) is 6.07 Å². The monoisotopic (exact) mass is 439 g/mol. The number of halogens is 2. The van der Waals surface area contributed by atoms with E-state index in [2.05, 4.69) is 38.1 Å². The fourth-order valence-corrected chi connectivity index (χ4v) is 3.36. The summed E-state index contributed by atoms with van der Waals surface area (Å²) >= 11 is 8.40. The molecule has 0 fully saturated rings. The second-order valence-corrected chi connectivity index (χ2v) is 6.66. The van der Waals surface area contributed by atoms with Gasteiger partial charge in [-0.05, 0) is 58.8 Å². The molecule has 6 heteroatoms. The molecule has 3 aromatic rings. The minimum Gasteiger partial charge on any atom is -0.345 e. The van der Waals surface area contributed by atoms with Crippen molar-refractivity contribution in [2.24, 2.45) is 0 Å². The number of nitrogens with one attached hydrogen (secondary N) is 2. The summed E-state index contributed by atoms with van der Waals surface area (Å²) < 4.78 is 0.852. The molecule has 2 aromatic carbocycles. The minimum atomic E-state index is -0.115. The van der Waals surface area contributed by atoms with Gasteiger partial charge >= 0.3 is 0 Å². The van der Waals surface area contributed by atoms with Crippen LogP contribution in [-0.2, 0) is 0 Å². The van der Waals surface area contributed by atoms with Crippen LogP contribution in [-0.4, -0.2) is 16.1 Å². The van der Waals surface area contributed by atoms with Gasteiger partial charge in [-0.1, -0.05) is 36.7 Å². The Hall–Kier alpha value is -1.60. The number of hydrogen-bond donors (Lipinski definition) is 2. The van der Waals surface area contributed by atoms with Crippen molar-refractivity contribution in [1.82, 2.24) is 15.5 Å². The number of nitrogens with zero attached hydrogens (tertiary/aromatic N) is 1. The Morgan fingerprint density at radius 1 is 1.35 bits per heavy atom. The number of aromatic amines is 1. The Morgan fingerprint density at radius 2 is 2.13 bits per heavy atom. The molecular formula is C17H15ClIN3O. The smallest absolute Gasteiger partial charge is 0.251 e. The molecule has 0 aliphatic rings. The second-order valence-electron chi connectivity index (χ2n) is 5.23. The number of H-pyrrole nitrogens is 1. The lowest BCUT2D eigenvalue weighted by Gasteiger charge is -2.18. The van der Waals surface area contributed by atoms with Crippen molar-refractivity contribution in [1.29, 1.82) is 0 Å². The summed E-state index contributed by atoms with van der Waals surface area (Å²) in [5.41, 5.74) is 2.47. The molecule has 0 aliphatic carbocycles. The van der Waals surface area contributed by atoms with Gasteiger partial charge < -0.3 is 5.32 Å². The van der Waals surface area contributed by atoms with Gasteiger partial charge in [-0.3, -0.25) is 9.89 Å². The fourth-order valence-electron chi connectivity index (χ4n) is 2.52. The fraction of sp³-hybridized carbons (Fsp3) is 0.176. The lowest BCUT2D eigenvalue weighted by Crippen LogP contribution is -2.28. The molecule has 0 saturated heterocycles. The molecule has 1 heterocycles. The zero-order chi connectivity index (χ0) is 16.4. The third-order valence-corrected chi connectivity index (χ3v) is 4.94. The van der Waals surface area contributed by atoms with Crippen LogP contribution in [0, 0.1) is 3.70 Å². The topological polar surface area (TPSA) is 57.8 Å². The van der Waals surface area contributed by atoms with Gasteiger partial charge in [0.2, 0.25) is 0 Å². The maximum atomic E-state index is 12.6. The highest BCUT2D eigenvalue weighted by Gasteiger charge is 2.17. The Labute approximate surface area is 152 Å². The predicted molar refractivity (Wildman–Crippen MR) is 101 cm³/mol. The molecule has 1 atom stereocenters. The van der Waals surface area contributed by atoms with Gasteiger partial charge in [0.15, 0.2) is 0 Å². The first-order chi connectivity index (χ1) is 11.1. The molecular weight excluding hydrogens is 425 g/mol. The number of hydrogen-bond acceptors (Lipinski definition) is 2. The molecule has 0 bridgehead atoms. The highest BCUT2D eigenvalue weighted by molar-refractivity contribution is 14.1. The first kappa shape index (κ1) is 16.3. The van der Waals surface area contributed by atoms with Gasteiger partial charge in [0.05, 0.1) is 11.6 Å². The van der Waals surface area contributed by atoms with E-state index in [0.29, 0.717) is 10.6 Å². The van der Waals surface area contributed by atoms with E-state index in [1.807, 2.05) is 43.3 Å². The normalized spacial score (nSPS) is 12.3. The van der Waals surface area contributed by atoms with Crippen molar-refractivity contribution >= 4 is 51.0 Å². The molecule has 1 amide bonds. The van der Waals surface area contributed by atoms with Crippen LogP contribution in [0.1, 0.15) is 35.3 Å². The van der Waals surface area contributed by atoms with Crippen molar-refractivity contribution in [2.45, 2.75) is 19.4 Å². The molecule has 0 saturated carbocycles. The SMILES string of the molecule is CCC(NC(=O)c1ccc2[nH]nc(I)c2c1)c1ccccc1Cl. The van der Waals surface area contributed by atoms with Crippen molar-refractivity contribution < 1.29 is 4.79 Å². The van der Waals surface area contributed by atoms with Gasteiger partial charge in [-0.25, -0.2) is 0 Å². The zero-order valence-electron chi connectivity index (χ0n) is 12.4. The highest BCUT2D eigenvalue weighted by atomic mass is 127. The van der Waals surface area contributed by atoms with E-state index in [9.17, 15) is 4.79 Å². The number of carbonyl (C=O) groups is 1. The molecule has 0 radical (unpaired) electrons. The molecule has 0 spiro atoms. The summed E-state index contributed by atoms with van der Waals surface area (Å²) in [6.07, 6.45) is 0.765. The summed E-state index contributed by atoms with van der Waals surface area (Å²) in [4.78, 5) is 12.6. The molecule has 23 heavy (non-hydrogen) atoms. The van der Waals surface area contributed by atoms with Crippen molar-refractivity contribution in [3.63, 3.8) is 0 Å². The summed E-state index contributed by atoms with van der Waals surface area (Å²) in [7, 11) is 0. The Balaban J connectivity index is 1.86. The zero-order valence-corrected chi connectivity index (χ0v) is 15.4. The second kappa shape index (κ2) is 6.88. The number of aromatic nitrogens is 2. The van der Waals surface area contributed by atoms with Gasteiger partial charge in [0.1, 0.15) is 3.70 Å². The molecule has 118 valence electrons. The molecule has 3 rings (SSSR count). The average Bonchev–Trinajstić information content (AvgIpc) is 2.94. The van der Waals surface area contributed by atoms with Gasteiger partial charge in [-0.15, -0.1) is 0 Å². The largest absolute Gasteiger partial charge is 0.345 e. The third-order valence-electron chi connectivity index (χ3n) is 3.77. The van der Waals surface area contributed by atoms with Crippen molar-refractivity contribution in [3.05, 3.63) is 62.3 Å². The summed E-state index contributed by atoms with van der Waals surface area (Å²) in [6, 6.07) is 13.0. The summed E-state index contributed by atoms with van der Waals surface area (Å²) in [5.74, 6) is -0.115. The van der Waals surface area contributed by atoms with Crippen LogP contribution in [0.15, 0.2) is 42.5 Å². The molecule has 4 nitrogen and oxygen atoms in total. The average molecular weight is 440 g/mol. The minimum absolute atomic E-state index is 0.115. The number of benzene rings is 2. The van der Waals surface area contributed by atoms with Crippen LogP contribution in [0.3, 0.4) is 0 Å². The molecule has 0 aliphatic heterocycles. The summed E-state index contributed by atoms with van der Waals surface area (Å²) in [5, 5.41) is 11.8. The Kier molecular flexibility index (Phi) is 4.87. The quantitative estimate of drug-likeness (QED) is 0.579. The molecule has 1 unspecified atom stereocenters. The van der Waals surface area contributed by atoms with E-state index < -0.39 is 0 Å².